The highest BCUT2D eigenvalue weighted by Gasteiger charge is 2.50. The molecule has 1 saturated carbocycles. The zero-order valence-electron chi connectivity index (χ0n) is 9.62. The van der Waals surface area contributed by atoms with Gasteiger partial charge in [-0.1, -0.05) is 6.92 Å². The van der Waals surface area contributed by atoms with E-state index < -0.39 is 0 Å². The van der Waals surface area contributed by atoms with E-state index >= 15 is 0 Å². The predicted molar refractivity (Wildman–Crippen MR) is 63.0 cm³/mol. The molecule has 2 atom stereocenters. The van der Waals surface area contributed by atoms with Gasteiger partial charge in [0.2, 0.25) is 0 Å². The number of ether oxygens (including phenoxy) is 1. The van der Waals surface area contributed by atoms with E-state index in [2.05, 4.69) is 6.92 Å². The third-order valence-corrected chi connectivity index (χ3v) is 4.57. The highest BCUT2D eigenvalue weighted by atomic mass is 32.2. The molecule has 2 unspecified atom stereocenters. The van der Waals surface area contributed by atoms with E-state index in [1.54, 1.807) is 11.8 Å². The molecule has 4 heteroatoms. The number of rotatable bonds is 4. The highest BCUT2D eigenvalue weighted by Crippen LogP contribution is 2.51. The third-order valence-electron chi connectivity index (χ3n) is 3.23. The Hall–Kier alpha value is -0.770. The molecule has 2 aliphatic rings. The van der Waals surface area contributed by atoms with E-state index in [9.17, 15) is 9.59 Å². The molecule has 2 rings (SSSR count). The number of ketones is 1. The number of carbonyl (C=O) groups excluding carboxylic acids is 2. The Morgan fingerprint density at radius 2 is 2.25 bits per heavy atom. The van der Waals surface area contributed by atoms with Crippen molar-refractivity contribution in [2.24, 2.45) is 11.8 Å². The van der Waals surface area contributed by atoms with Crippen LogP contribution < -0.4 is 0 Å². The fourth-order valence-corrected chi connectivity index (χ4v) is 3.57. The first-order valence-electron chi connectivity index (χ1n) is 5.65. The molecule has 0 spiro atoms. The summed E-state index contributed by atoms with van der Waals surface area (Å²) in [7, 11) is 1.38. The van der Waals surface area contributed by atoms with Crippen LogP contribution in [0.5, 0.6) is 0 Å². The zero-order valence-corrected chi connectivity index (χ0v) is 10.4. The van der Waals surface area contributed by atoms with Crippen LogP contribution in [0, 0.1) is 11.8 Å². The largest absolute Gasteiger partial charge is 0.466 e. The van der Waals surface area contributed by atoms with E-state index in [-0.39, 0.29) is 17.7 Å². The lowest BCUT2D eigenvalue weighted by Crippen LogP contribution is -2.36. The maximum Gasteiger partial charge on any atom is 0.335 e. The smallest absolute Gasteiger partial charge is 0.335 e. The van der Waals surface area contributed by atoms with Crippen LogP contribution in [0.25, 0.3) is 0 Å². The van der Waals surface area contributed by atoms with Crippen molar-refractivity contribution in [1.29, 1.82) is 0 Å². The van der Waals surface area contributed by atoms with E-state index in [0.29, 0.717) is 17.9 Å². The summed E-state index contributed by atoms with van der Waals surface area (Å²) >= 11 is 1.71. The van der Waals surface area contributed by atoms with Crippen molar-refractivity contribution in [3.05, 3.63) is 10.5 Å². The minimum Gasteiger partial charge on any atom is -0.466 e. The van der Waals surface area contributed by atoms with Gasteiger partial charge in [-0.15, -0.1) is 11.8 Å². The van der Waals surface area contributed by atoms with Gasteiger partial charge in [-0.3, -0.25) is 4.79 Å². The third kappa shape index (κ3) is 1.79. The Morgan fingerprint density at radius 3 is 2.81 bits per heavy atom. The Kier molecular flexibility index (Phi) is 3.38. The van der Waals surface area contributed by atoms with Crippen molar-refractivity contribution < 1.29 is 14.3 Å². The van der Waals surface area contributed by atoms with Gasteiger partial charge >= 0.3 is 5.97 Å². The molecule has 1 fully saturated rings. The first-order chi connectivity index (χ1) is 7.69. The monoisotopic (exact) mass is 240 g/mol. The number of hydrogen-bond donors (Lipinski definition) is 0. The number of Topliss-reactive ketones (excluding diaryl/α,β-unsaturated/α-hetero) is 1. The van der Waals surface area contributed by atoms with Crippen molar-refractivity contribution in [3.8, 4) is 0 Å². The average molecular weight is 240 g/mol. The van der Waals surface area contributed by atoms with Crippen LogP contribution >= 0.6 is 11.8 Å². The summed E-state index contributed by atoms with van der Waals surface area (Å²) in [6, 6.07) is 0. The second-order valence-electron chi connectivity index (χ2n) is 4.29. The topological polar surface area (TPSA) is 43.4 Å². The summed E-state index contributed by atoms with van der Waals surface area (Å²) in [6.45, 7) is 2.11. The van der Waals surface area contributed by atoms with Crippen molar-refractivity contribution in [2.75, 3.05) is 12.9 Å². The Labute approximate surface area is 99.6 Å². The Balaban J connectivity index is 2.20. The SMILES string of the molecule is CCCSC1=C(C(=O)OC)C2C(=O)CC2C1. The number of allylic oxidation sites excluding steroid dienone is 1. The van der Waals surface area contributed by atoms with Gasteiger partial charge in [-0.2, -0.15) is 0 Å². The second-order valence-corrected chi connectivity index (χ2v) is 5.48. The lowest BCUT2D eigenvalue weighted by molar-refractivity contribution is -0.141. The second kappa shape index (κ2) is 4.62. The Morgan fingerprint density at radius 1 is 1.50 bits per heavy atom. The van der Waals surface area contributed by atoms with Gasteiger partial charge in [0.05, 0.1) is 18.6 Å². The lowest BCUT2D eigenvalue weighted by atomic mass is 9.72. The molecule has 0 aromatic heterocycles. The number of fused-ring (bicyclic) bond motifs is 1. The minimum absolute atomic E-state index is 0.146. The summed E-state index contributed by atoms with van der Waals surface area (Å²) in [5.74, 6) is 1.13. The molecule has 2 aliphatic carbocycles. The predicted octanol–water partition coefficient (Wildman–Crippen LogP) is 2.17. The van der Waals surface area contributed by atoms with Crippen molar-refractivity contribution in [3.63, 3.8) is 0 Å². The van der Waals surface area contributed by atoms with Gasteiger partial charge in [0.1, 0.15) is 5.78 Å². The van der Waals surface area contributed by atoms with Crippen molar-refractivity contribution in [2.45, 2.75) is 26.2 Å². The number of methoxy groups -OCH3 is 1. The summed E-state index contributed by atoms with van der Waals surface area (Å²) in [6.07, 6.45) is 2.61. The molecular formula is C12H16O3S. The van der Waals surface area contributed by atoms with Crippen LogP contribution in [0.2, 0.25) is 0 Å². The standard InChI is InChI=1S/C12H16O3S/c1-3-4-16-9-6-7-5-8(13)10(7)11(9)12(14)15-2/h7,10H,3-6H2,1-2H3. The normalized spacial score (nSPS) is 27.8. The molecule has 0 aliphatic heterocycles. The van der Waals surface area contributed by atoms with Crippen LogP contribution in [-0.4, -0.2) is 24.6 Å². The van der Waals surface area contributed by atoms with Gasteiger partial charge in [0, 0.05) is 6.42 Å². The molecule has 88 valence electrons. The molecule has 0 aromatic rings. The van der Waals surface area contributed by atoms with Gasteiger partial charge in [0.25, 0.3) is 0 Å². The van der Waals surface area contributed by atoms with Gasteiger partial charge in [-0.05, 0) is 29.4 Å². The molecular weight excluding hydrogens is 224 g/mol. The van der Waals surface area contributed by atoms with Gasteiger partial charge in [-0.25, -0.2) is 4.79 Å². The van der Waals surface area contributed by atoms with Crippen molar-refractivity contribution >= 4 is 23.5 Å². The molecule has 0 heterocycles. The molecule has 0 bridgehead atoms. The number of carbonyl (C=O) groups is 2. The fraction of sp³-hybridized carbons (Fsp3) is 0.667. The number of thioether (sulfide) groups is 1. The van der Waals surface area contributed by atoms with Crippen LogP contribution in [-0.2, 0) is 14.3 Å². The van der Waals surface area contributed by atoms with Gasteiger partial charge in [0.15, 0.2) is 0 Å². The number of esters is 1. The average Bonchev–Trinajstić information content (AvgIpc) is 2.57. The van der Waals surface area contributed by atoms with Crippen LogP contribution in [0.15, 0.2) is 10.5 Å². The molecule has 0 aromatic carbocycles. The van der Waals surface area contributed by atoms with E-state index in [4.69, 9.17) is 4.74 Å². The zero-order chi connectivity index (χ0) is 11.7. The quantitative estimate of drug-likeness (QED) is 0.706. The van der Waals surface area contributed by atoms with Crippen molar-refractivity contribution in [1.82, 2.24) is 0 Å². The highest BCUT2D eigenvalue weighted by molar-refractivity contribution is 8.03. The maximum atomic E-state index is 11.7. The first kappa shape index (κ1) is 11.7. The number of hydrogen-bond acceptors (Lipinski definition) is 4. The molecule has 0 N–H and O–H groups in total. The molecule has 0 amide bonds. The summed E-state index contributed by atoms with van der Waals surface area (Å²) in [5, 5.41) is 0. The maximum absolute atomic E-state index is 11.7. The van der Waals surface area contributed by atoms with E-state index in [1.165, 1.54) is 7.11 Å². The Bertz CT molecular complexity index is 359. The minimum atomic E-state index is -0.306. The van der Waals surface area contributed by atoms with E-state index in [0.717, 1.165) is 23.5 Å². The summed E-state index contributed by atoms with van der Waals surface area (Å²) in [5.41, 5.74) is 0.655. The van der Waals surface area contributed by atoms with Crippen LogP contribution in [0.1, 0.15) is 26.2 Å². The fourth-order valence-electron chi connectivity index (χ4n) is 2.43. The summed E-state index contributed by atoms with van der Waals surface area (Å²) in [4.78, 5) is 24.3. The van der Waals surface area contributed by atoms with Gasteiger partial charge < -0.3 is 4.74 Å². The van der Waals surface area contributed by atoms with Crippen LogP contribution in [0.3, 0.4) is 0 Å². The molecule has 3 nitrogen and oxygen atoms in total. The molecule has 16 heavy (non-hydrogen) atoms. The van der Waals surface area contributed by atoms with E-state index in [1.807, 2.05) is 0 Å². The molecule has 0 saturated heterocycles. The summed E-state index contributed by atoms with van der Waals surface area (Å²) < 4.78 is 4.78. The van der Waals surface area contributed by atoms with Crippen LogP contribution in [0.4, 0.5) is 0 Å². The first-order valence-corrected chi connectivity index (χ1v) is 6.64. The lowest BCUT2D eigenvalue weighted by Gasteiger charge is -2.29. The molecule has 0 radical (unpaired) electrons.